The fraction of sp³-hybridized carbons (Fsp3) is 0.500. The average molecular weight is 305 g/mol. The van der Waals surface area contributed by atoms with Gasteiger partial charge in [-0.2, -0.15) is 8.42 Å². The number of carbonyl (C=O) groups is 1. The molecule has 1 aromatic heterocycles. The molecule has 114 valence electrons. The highest BCUT2D eigenvalue weighted by Gasteiger charge is 2.04. The minimum absolute atomic E-state index is 0.0371. The predicted molar refractivity (Wildman–Crippen MR) is 73.5 cm³/mol. The lowest BCUT2D eigenvalue weighted by atomic mass is 10.5. The highest BCUT2D eigenvalue weighted by Crippen LogP contribution is 1.90. The summed E-state index contributed by atoms with van der Waals surface area (Å²) in [6, 6.07) is 0. The summed E-state index contributed by atoms with van der Waals surface area (Å²) in [6.07, 6.45) is 7.20. The summed E-state index contributed by atoms with van der Waals surface area (Å²) < 4.78 is 37.1. The van der Waals surface area contributed by atoms with Crippen molar-refractivity contribution in [2.45, 2.75) is 19.9 Å². The summed E-state index contributed by atoms with van der Waals surface area (Å²) in [4.78, 5) is 10.4. The SMILES string of the molecule is C=CC(=O)OCCCS(=O)(=O)O.CCn1cc[n+](C)c1. The van der Waals surface area contributed by atoms with Crippen molar-refractivity contribution in [2.24, 2.45) is 7.05 Å². The Bertz CT molecular complexity index is 522. The number of aromatic nitrogens is 2. The highest BCUT2D eigenvalue weighted by atomic mass is 32.2. The molecule has 0 radical (unpaired) electrons. The molecule has 1 rings (SSSR count). The molecule has 0 saturated carbocycles. The largest absolute Gasteiger partial charge is 0.463 e. The standard InChI is InChI=1S/C6H11N2.C6H10O5S/c1-3-8-5-4-7(2)6-8;1-2-6(7)11-4-3-5-12(8,9)10/h4-6H,3H2,1-2H3;2H,1,3-5H2,(H,8,9,10)/q+1;. The fourth-order valence-corrected chi connectivity index (χ4v) is 1.64. The van der Waals surface area contributed by atoms with Gasteiger partial charge in [0.25, 0.3) is 10.1 Å². The normalized spacial score (nSPS) is 10.3. The van der Waals surface area contributed by atoms with Crippen LogP contribution in [0.25, 0.3) is 0 Å². The van der Waals surface area contributed by atoms with Crippen LogP contribution in [0.5, 0.6) is 0 Å². The molecule has 0 atom stereocenters. The summed E-state index contributed by atoms with van der Waals surface area (Å²) in [5, 5.41) is 0. The van der Waals surface area contributed by atoms with Crippen LogP contribution in [0.3, 0.4) is 0 Å². The van der Waals surface area contributed by atoms with Crippen molar-refractivity contribution in [1.29, 1.82) is 0 Å². The van der Waals surface area contributed by atoms with Crippen LogP contribution < -0.4 is 4.57 Å². The molecular formula is C12H21N2O5S+. The third kappa shape index (κ3) is 10.3. The Morgan fingerprint density at radius 1 is 1.55 bits per heavy atom. The van der Waals surface area contributed by atoms with Gasteiger partial charge in [0.1, 0.15) is 12.4 Å². The summed E-state index contributed by atoms with van der Waals surface area (Å²) >= 11 is 0. The number of nitrogens with zero attached hydrogens (tertiary/aromatic N) is 2. The molecular weight excluding hydrogens is 284 g/mol. The van der Waals surface area contributed by atoms with Crippen molar-refractivity contribution >= 4 is 16.1 Å². The number of esters is 1. The second kappa shape index (κ2) is 9.27. The van der Waals surface area contributed by atoms with E-state index in [0.29, 0.717) is 0 Å². The van der Waals surface area contributed by atoms with Gasteiger partial charge in [0.15, 0.2) is 0 Å². The van der Waals surface area contributed by atoms with Crippen LogP contribution in [0.4, 0.5) is 0 Å². The molecule has 0 aliphatic heterocycles. The molecule has 0 saturated heterocycles. The molecule has 7 nitrogen and oxygen atoms in total. The first-order valence-corrected chi connectivity index (χ1v) is 7.64. The highest BCUT2D eigenvalue weighted by molar-refractivity contribution is 7.85. The number of aryl methyl sites for hydroxylation is 2. The van der Waals surface area contributed by atoms with Crippen LogP contribution in [0.1, 0.15) is 13.3 Å². The zero-order valence-electron chi connectivity index (χ0n) is 11.7. The second-order valence-electron chi connectivity index (χ2n) is 3.92. The lowest BCUT2D eigenvalue weighted by molar-refractivity contribution is -0.671. The smallest absolute Gasteiger partial charge is 0.330 e. The summed E-state index contributed by atoms with van der Waals surface area (Å²) in [5.41, 5.74) is 0. The van der Waals surface area contributed by atoms with Crippen LogP contribution >= 0.6 is 0 Å². The lowest BCUT2D eigenvalue weighted by Crippen LogP contribution is -2.23. The van der Waals surface area contributed by atoms with Gasteiger partial charge < -0.3 is 4.74 Å². The van der Waals surface area contributed by atoms with E-state index in [4.69, 9.17) is 4.55 Å². The van der Waals surface area contributed by atoms with Gasteiger partial charge in [0.05, 0.1) is 26.0 Å². The van der Waals surface area contributed by atoms with Crippen molar-refractivity contribution in [3.05, 3.63) is 31.4 Å². The predicted octanol–water partition coefficient (Wildman–Crippen LogP) is 0.326. The van der Waals surface area contributed by atoms with Crippen LogP contribution in [0, 0.1) is 0 Å². The zero-order valence-corrected chi connectivity index (χ0v) is 12.5. The Hall–Kier alpha value is -1.67. The molecule has 0 aliphatic carbocycles. The van der Waals surface area contributed by atoms with E-state index in [1.807, 2.05) is 17.8 Å². The van der Waals surface area contributed by atoms with Gasteiger partial charge in [0.2, 0.25) is 6.33 Å². The van der Waals surface area contributed by atoms with Gasteiger partial charge in [-0.25, -0.2) is 13.9 Å². The number of carbonyl (C=O) groups excluding carboxylic acids is 1. The van der Waals surface area contributed by atoms with E-state index in [0.717, 1.165) is 12.6 Å². The van der Waals surface area contributed by atoms with Gasteiger partial charge in [0, 0.05) is 6.08 Å². The van der Waals surface area contributed by atoms with E-state index in [9.17, 15) is 13.2 Å². The first-order chi connectivity index (χ1) is 9.28. The van der Waals surface area contributed by atoms with Gasteiger partial charge in [-0.1, -0.05) is 6.58 Å². The maximum atomic E-state index is 10.4. The Labute approximate surface area is 119 Å². The minimum Gasteiger partial charge on any atom is -0.463 e. The third-order valence-corrected chi connectivity index (χ3v) is 2.95. The van der Waals surface area contributed by atoms with E-state index in [-0.39, 0.29) is 13.0 Å². The maximum Gasteiger partial charge on any atom is 0.330 e. The van der Waals surface area contributed by atoms with Crippen molar-refractivity contribution < 1.29 is 27.1 Å². The molecule has 0 bridgehead atoms. The van der Waals surface area contributed by atoms with E-state index in [1.54, 1.807) is 0 Å². The summed E-state index contributed by atoms with van der Waals surface area (Å²) in [6.45, 7) is 6.29. The second-order valence-corrected chi connectivity index (χ2v) is 5.49. The van der Waals surface area contributed by atoms with E-state index in [1.165, 1.54) is 0 Å². The molecule has 8 heteroatoms. The van der Waals surface area contributed by atoms with E-state index >= 15 is 0 Å². The van der Waals surface area contributed by atoms with E-state index < -0.39 is 21.8 Å². The Morgan fingerprint density at radius 2 is 2.20 bits per heavy atom. The van der Waals surface area contributed by atoms with E-state index in [2.05, 4.69) is 35.3 Å². The molecule has 0 aliphatic rings. The maximum absolute atomic E-state index is 10.4. The zero-order chi connectivity index (χ0) is 15.6. The molecule has 1 N–H and O–H groups in total. The molecule has 1 heterocycles. The van der Waals surface area contributed by atoms with Gasteiger partial charge in [-0.15, -0.1) is 0 Å². The Balaban J connectivity index is 0.000000388. The topological polar surface area (TPSA) is 89.5 Å². The molecule has 0 unspecified atom stereocenters. The molecule has 0 spiro atoms. The first-order valence-electron chi connectivity index (χ1n) is 6.04. The fourth-order valence-electron chi connectivity index (χ4n) is 1.16. The molecule has 0 fully saturated rings. The summed E-state index contributed by atoms with van der Waals surface area (Å²) in [7, 11) is -1.93. The number of ether oxygens (including phenoxy) is 1. The molecule has 0 aromatic carbocycles. The van der Waals surface area contributed by atoms with Crippen LogP contribution in [-0.4, -0.2) is 35.9 Å². The Morgan fingerprint density at radius 3 is 2.55 bits per heavy atom. The van der Waals surface area contributed by atoms with Gasteiger partial charge in [-0.05, 0) is 13.3 Å². The average Bonchev–Trinajstić information content (AvgIpc) is 2.80. The quantitative estimate of drug-likeness (QED) is 0.269. The first kappa shape index (κ1) is 18.3. The van der Waals surface area contributed by atoms with Crippen LogP contribution in [0.2, 0.25) is 0 Å². The Kier molecular flexibility index (Phi) is 8.49. The molecule has 20 heavy (non-hydrogen) atoms. The minimum atomic E-state index is -3.95. The van der Waals surface area contributed by atoms with Crippen molar-refractivity contribution in [3.63, 3.8) is 0 Å². The molecule has 0 amide bonds. The number of hydrogen-bond acceptors (Lipinski definition) is 4. The molecule has 1 aromatic rings. The number of imidazole rings is 1. The van der Waals surface area contributed by atoms with Crippen molar-refractivity contribution in [2.75, 3.05) is 12.4 Å². The van der Waals surface area contributed by atoms with Crippen LogP contribution in [-0.2, 0) is 33.2 Å². The summed E-state index contributed by atoms with van der Waals surface area (Å²) in [5.74, 6) is -1.01. The monoisotopic (exact) mass is 305 g/mol. The van der Waals surface area contributed by atoms with Crippen LogP contribution in [0.15, 0.2) is 31.4 Å². The lowest BCUT2D eigenvalue weighted by Gasteiger charge is -1.99. The van der Waals surface area contributed by atoms with Crippen molar-refractivity contribution in [3.8, 4) is 0 Å². The third-order valence-electron chi connectivity index (χ3n) is 2.15. The number of rotatable bonds is 6. The van der Waals surface area contributed by atoms with Gasteiger partial charge in [-0.3, -0.25) is 4.55 Å². The van der Waals surface area contributed by atoms with Crippen molar-refractivity contribution in [1.82, 2.24) is 4.57 Å². The van der Waals surface area contributed by atoms with Gasteiger partial charge >= 0.3 is 5.97 Å². The number of hydrogen-bond donors (Lipinski definition) is 1.